The number of aryl methyl sites for hydroxylation is 1. The Morgan fingerprint density at radius 3 is 2.26 bits per heavy atom. The second-order valence-corrected chi connectivity index (χ2v) is 5.05. The fraction of sp³-hybridized carbons (Fsp3) is 0.250. The number of carbonyl (C=O) groups is 1. The van der Waals surface area contributed by atoms with E-state index in [1.807, 2.05) is 51.4 Å². The van der Waals surface area contributed by atoms with Crippen LogP contribution < -0.4 is 5.32 Å². The third-order valence-electron chi connectivity index (χ3n) is 2.99. The molecule has 0 radical (unpaired) electrons. The maximum atomic E-state index is 11.9. The van der Waals surface area contributed by atoms with Crippen molar-refractivity contribution in [2.24, 2.45) is 0 Å². The summed E-state index contributed by atoms with van der Waals surface area (Å²) in [4.78, 5) is 11.9. The Balaban J connectivity index is 0.000000816. The van der Waals surface area contributed by atoms with E-state index in [0.717, 1.165) is 11.1 Å². The van der Waals surface area contributed by atoms with Crippen LogP contribution in [-0.4, -0.2) is 26.7 Å². The van der Waals surface area contributed by atoms with E-state index >= 15 is 0 Å². The average molecular weight is 311 g/mol. The monoisotopic (exact) mass is 311 g/mol. The zero-order valence-corrected chi connectivity index (χ0v) is 14.3. The van der Waals surface area contributed by atoms with Crippen LogP contribution in [0.15, 0.2) is 48.5 Å². The topological polar surface area (TPSA) is 38.3 Å². The lowest BCUT2D eigenvalue weighted by Gasteiger charge is -2.05. The quantitative estimate of drug-likeness (QED) is 0.680. The van der Waals surface area contributed by atoms with E-state index in [1.54, 1.807) is 6.07 Å². The fourth-order valence-corrected chi connectivity index (χ4v) is 1.90. The van der Waals surface area contributed by atoms with Crippen molar-refractivity contribution in [1.29, 1.82) is 0 Å². The molecular weight excluding hydrogens is 286 g/mol. The molecule has 0 aliphatic heterocycles. The molecule has 23 heavy (non-hydrogen) atoms. The first kappa shape index (κ1) is 18.7. The van der Waals surface area contributed by atoms with Gasteiger partial charge in [-0.1, -0.05) is 60.2 Å². The number of rotatable bonds is 4. The largest absolute Gasteiger partial charge is 0.462 e. The minimum Gasteiger partial charge on any atom is -0.462 e. The number of hydrogen-bond donors (Lipinski definition) is 1. The zero-order valence-electron chi connectivity index (χ0n) is 14.3. The van der Waals surface area contributed by atoms with Crippen molar-refractivity contribution in [3.05, 3.63) is 70.8 Å². The molecule has 0 atom stereocenters. The minimum absolute atomic E-state index is 0.281. The lowest BCUT2D eigenvalue weighted by Crippen LogP contribution is -2.06. The van der Waals surface area contributed by atoms with Crippen LogP contribution in [0.4, 0.5) is 0 Å². The fourth-order valence-electron chi connectivity index (χ4n) is 1.90. The van der Waals surface area contributed by atoms with Gasteiger partial charge in [0.05, 0.1) is 12.2 Å². The predicted molar refractivity (Wildman–Crippen MR) is 97.5 cm³/mol. The Morgan fingerprint density at radius 2 is 1.65 bits per heavy atom. The van der Waals surface area contributed by atoms with Crippen molar-refractivity contribution in [3.63, 3.8) is 0 Å². The molecule has 2 rings (SSSR count). The molecule has 3 heteroatoms. The second kappa shape index (κ2) is 10.4. The Bertz CT molecular complexity index is 630. The van der Waals surface area contributed by atoms with Crippen LogP contribution in [0.3, 0.4) is 0 Å². The van der Waals surface area contributed by atoms with Crippen molar-refractivity contribution in [2.45, 2.75) is 13.8 Å². The zero-order chi connectivity index (χ0) is 17.1. The lowest BCUT2D eigenvalue weighted by molar-refractivity contribution is 0.0526. The maximum absolute atomic E-state index is 11.9. The predicted octanol–water partition coefficient (Wildman–Crippen LogP) is 4.18. The van der Waals surface area contributed by atoms with E-state index in [2.05, 4.69) is 36.5 Å². The van der Waals surface area contributed by atoms with Crippen molar-refractivity contribution < 1.29 is 9.53 Å². The van der Waals surface area contributed by atoms with Gasteiger partial charge in [0.25, 0.3) is 0 Å². The number of esters is 1. The number of nitrogens with one attached hydrogen (secondary N) is 1. The highest BCUT2D eigenvalue weighted by Gasteiger charge is 2.09. The van der Waals surface area contributed by atoms with Gasteiger partial charge in [-0.05, 0) is 45.1 Å². The molecule has 0 aliphatic carbocycles. The number of benzene rings is 2. The summed E-state index contributed by atoms with van der Waals surface area (Å²) in [6.07, 6.45) is 3.94. The van der Waals surface area contributed by atoms with E-state index in [0.29, 0.717) is 12.2 Å². The van der Waals surface area contributed by atoms with Gasteiger partial charge in [0, 0.05) is 0 Å². The van der Waals surface area contributed by atoms with Crippen molar-refractivity contribution in [1.82, 2.24) is 5.32 Å². The van der Waals surface area contributed by atoms with Gasteiger partial charge in [-0.15, -0.1) is 0 Å². The number of ether oxygens (including phenoxy) is 1. The number of carbonyl (C=O) groups excluding carboxylic acids is 1. The van der Waals surface area contributed by atoms with E-state index in [9.17, 15) is 4.79 Å². The summed E-state index contributed by atoms with van der Waals surface area (Å²) in [5.74, 6) is -0.281. The summed E-state index contributed by atoms with van der Waals surface area (Å²) < 4.78 is 5.06. The molecule has 0 aliphatic rings. The molecule has 0 saturated carbocycles. The molecule has 0 heterocycles. The minimum atomic E-state index is -0.281. The highest BCUT2D eigenvalue weighted by Crippen LogP contribution is 2.15. The van der Waals surface area contributed by atoms with Gasteiger partial charge in [-0.25, -0.2) is 4.79 Å². The SMILES string of the molecule is CCOC(=O)c1ccccc1C=Cc1ccc(C)cc1.CNC. The van der Waals surface area contributed by atoms with Gasteiger partial charge >= 0.3 is 5.97 Å². The first-order valence-electron chi connectivity index (χ1n) is 7.71. The van der Waals surface area contributed by atoms with Crippen LogP contribution in [-0.2, 0) is 4.74 Å². The van der Waals surface area contributed by atoms with Gasteiger partial charge in [0.2, 0.25) is 0 Å². The summed E-state index contributed by atoms with van der Waals surface area (Å²) >= 11 is 0. The van der Waals surface area contributed by atoms with Crippen LogP contribution in [0.2, 0.25) is 0 Å². The molecule has 0 bridgehead atoms. The first-order valence-corrected chi connectivity index (χ1v) is 7.71. The smallest absolute Gasteiger partial charge is 0.338 e. The van der Waals surface area contributed by atoms with Crippen LogP contribution in [0, 0.1) is 6.92 Å². The molecule has 0 unspecified atom stereocenters. The summed E-state index contributed by atoms with van der Waals surface area (Å²) in [6, 6.07) is 15.7. The van der Waals surface area contributed by atoms with E-state index in [1.165, 1.54) is 5.56 Å². The summed E-state index contributed by atoms with van der Waals surface area (Å²) in [7, 11) is 3.75. The molecule has 0 aromatic heterocycles. The third-order valence-corrected chi connectivity index (χ3v) is 2.99. The van der Waals surface area contributed by atoms with Gasteiger partial charge in [0.15, 0.2) is 0 Å². The van der Waals surface area contributed by atoms with Crippen LogP contribution in [0.5, 0.6) is 0 Å². The van der Waals surface area contributed by atoms with Gasteiger partial charge < -0.3 is 10.1 Å². The Kier molecular flexibility index (Phi) is 8.40. The van der Waals surface area contributed by atoms with Crippen LogP contribution >= 0.6 is 0 Å². The first-order chi connectivity index (χ1) is 11.1. The molecule has 1 N–H and O–H groups in total. The summed E-state index contributed by atoms with van der Waals surface area (Å²) in [6.45, 7) is 4.25. The normalized spacial score (nSPS) is 10.1. The second-order valence-electron chi connectivity index (χ2n) is 5.05. The Morgan fingerprint density at radius 1 is 1.04 bits per heavy atom. The lowest BCUT2D eigenvalue weighted by atomic mass is 10.1. The molecule has 2 aromatic carbocycles. The molecule has 2 aromatic rings. The molecule has 3 nitrogen and oxygen atoms in total. The Hall–Kier alpha value is -2.39. The standard InChI is InChI=1S/C18H18O2.C2H7N/c1-3-20-18(19)17-7-5-4-6-16(17)13-12-15-10-8-14(2)9-11-15;1-3-2/h4-13H,3H2,1-2H3;3H,1-2H3. The van der Waals surface area contributed by atoms with Crippen molar-refractivity contribution in [3.8, 4) is 0 Å². The number of hydrogen-bond acceptors (Lipinski definition) is 3. The molecule has 0 spiro atoms. The average Bonchev–Trinajstić information content (AvgIpc) is 2.55. The highest BCUT2D eigenvalue weighted by atomic mass is 16.5. The van der Waals surface area contributed by atoms with Gasteiger partial charge in [-0.3, -0.25) is 0 Å². The van der Waals surface area contributed by atoms with E-state index in [4.69, 9.17) is 4.74 Å². The molecule has 0 saturated heterocycles. The van der Waals surface area contributed by atoms with Crippen molar-refractivity contribution >= 4 is 18.1 Å². The molecular formula is C20H25NO2. The molecule has 122 valence electrons. The highest BCUT2D eigenvalue weighted by molar-refractivity contribution is 5.94. The third kappa shape index (κ3) is 6.49. The van der Waals surface area contributed by atoms with Gasteiger partial charge in [0.1, 0.15) is 0 Å². The van der Waals surface area contributed by atoms with Crippen molar-refractivity contribution in [2.75, 3.05) is 20.7 Å². The van der Waals surface area contributed by atoms with Gasteiger partial charge in [-0.2, -0.15) is 0 Å². The maximum Gasteiger partial charge on any atom is 0.338 e. The van der Waals surface area contributed by atoms with E-state index < -0.39 is 0 Å². The Labute approximate surface area is 139 Å². The van der Waals surface area contributed by atoms with Crippen LogP contribution in [0.25, 0.3) is 12.2 Å². The molecule has 0 amide bonds. The summed E-state index contributed by atoms with van der Waals surface area (Å²) in [5.41, 5.74) is 3.80. The molecule has 0 fully saturated rings. The van der Waals surface area contributed by atoms with E-state index in [-0.39, 0.29) is 5.97 Å². The van der Waals surface area contributed by atoms with Crippen LogP contribution in [0.1, 0.15) is 34.0 Å². The summed E-state index contributed by atoms with van der Waals surface area (Å²) in [5, 5.41) is 2.75.